The van der Waals surface area contributed by atoms with Gasteiger partial charge in [0.05, 0.1) is 0 Å². The summed E-state index contributed by atoms with van der Waals surface area (Å²) in [6, 6.07) is 0. The molecule has 0 spiro atoms. The van der Waals surface area contributed by atoms with E-state index in [0.29, 0.717) is 24.7 Å². The molecule has 3 aliphatic rings. The zero-order valence-corrected chi connectivity index (χ0v) is 12.3. The molecule has 3 fully saturated rings. The van der Waals surface area contributed by atoms with Crippen molar-refractivity contribution in [3.63, 3.8) is 0 Å². The fourth-order valence-electron chi connectivity index (χ4n) is 4.62. The van der Waals surface area contributed by atoms with E-state index in [-0.39, 0.29) is 11.8 Å². The molecule has 1 N–H and O–H groups in total. The third-order valence-electron chi connectivity index (χ3n) is 5.99. The lowest BCUT2D eigenvalue weighted by molar-refractivity contribution is -0.161. The largest absolute Gasteiger partial charge is 0.479 e. The van der Waals surface area contributed by atoms with Crippen molar-refractivity contribution in [1.82, 2.24) is 4.90 Å². The first-order chi connectivity index (χ1) is 9.58. The van der Waals surface area contributed by atoms with Gasteiger partial charge in [0.15, 0.2) is 0 Å². The third-order valence-corrected chi connectivity index (χ3v) is 5.99. The summed E-state index contributed by atoms with van der Waals surface area (Å²) in [5.41, 5.74) is -0.929. The fraction of sp³-hybridized carbons (Fsp3) is 0.875. The van der Waals surface area contributed by atoms with Crippen LogP contribution in [-0.4, -0.2) is 34.5 Å². The number of carbonyl (C=O) groups is 2. The van der Waals surface area contributed by atoms with E-state index in [9.17, 15) is 14.7 Å². The molecule has 0 bridgehead atoms. The summed E-state index contributed by atoms with van der Waals surface area (Å²) >= 11 is 0. The van der Waals surface area contributed by atoms with Crippen LogP contribution >= 0.6 is 0 Å². The smallest absolute Gasteiger partial charge is 0.329 e. The normalized spacial score (nSPS) is 35.0. The van der Waals surface area contributed by atoms with E-state index in [4.69, 9.17) is 0 Å². The maximum Gasteiger partial charge on any atom is 0.329 e. The first-order valence-corrected chi connectivity index (χ1v) is 8.09. The fourth-order valence-corrected chi connectivity index (χ4v) is 4.62. The topological polar surface area (TPSA) is 57.6 Å². The third kappa shape index (κ3) is 2.04. The second-order valence-corrected chi connectivity index (χ2v) is 6.93. The van der Waals surface area contributed by atoms with E-state index >= 15 is 0 Å². The molecule has 3 aliphatic carbocycles. The van der Waals surface area contributed by atoms with Crippen LogP contribution in [0.15, 0.2) is 0 Å². The lowest BCUT2D eigenvalue weighted by Gasteiger charge is -2.41. The Hall–Kier alpha value is -1.06. The molecule has 112 valence electrons. The molecule has 0 saturated heterocycles. The molecule has 4 nitrogen and oxygen atoms in total. The molecule has 4 heteroatoms. The molecule has 0 aromatic rings. The second-order valence-electron chi connectivity index (χ2n) is 6.93. The number of hydrogen-bond donors (Lipinski definition) is 1. The monoisotopic (exact) mass is 279 g/mol. The van der Waals surface area contributed by atoms with Gasteiger partial charge in [0.1, 0.15) is 5.54 Å². The molecule has 2 unspecified atom stereocenters. The molecule has 2 atom stereocenters. The van der Waals surface area contributed by atoms with Crippen LogP contribution in [0.5, 0.6) is 0 Å². The maximum absolute atomic E-state index is 12.7. The Morgan fingerprint density at radius 2 is 1.55 bits per heavy atom. The highest BCUT2D eigenvalue weighted by atomic mass is 16.4. The van der Waals surface area contributed by atoms with Gasteiger partial charge in [-0.1, -0.05) is 32.1 Å². The van der Waals surface area contributed by atoms with Crippen LogP contribution < -0.4 is 0 Å². The molecule has 20 heavy (non-hydrogen) atoms. The van der Waals surface area contributed by atoms with Gasteiger partial charge in [0.25, 0.3) is 0 Å². The van der Waals surface area contributed by atoms with Gasteiger partial charge in [-0.3, -0.25) is 4.79 Å². The number of fused-ring (bicyclic) bond motifs is 1. The summed E-state index contributed by atoms with van der Waals surface area (Å²) in [6.45, 7) is 0. The molecular weight excluding hydrogens is 254 g/mol. The van der Waals surface area contributed by atoms with Crippen molar-refractivity contribution in [2.75, 3.05) is 7.05 Å². The van der Waals surface area contributed by atoms with Gasteiger partial charge < -0.3 is 10.0 Å². The van der Waals surface area contributed by atoms with E-state index in [0.717, 1.165) is 32.1 Å². The Labute approximate surface area is 120 Å². The lowest BCUT2D eigenvalue weighted by Crippen LogP contribution is -2.56. The number of hydrogen-bond acceptors (Lipinski definition) is 2. The molecule has 0 heterocycles. The second kappa shape index (κ2) is 5.05. The molecule has 0 aliphatic heterocycles. The summed E-state index contributed by atoms with van der Waals surface area (Å²) in [5.74, 6) is 0.518. The van der Waals surface area contributed by atoms with Gasteiger partial charge in [-0.15, -0.1) is 0 Å². The van der Waals surface area contributed by atoms with Gasteiger partial charge in [0.2, 0.25) is 5.91 Å². The molecule has 3 rings (SSSR count). The van der Waals surface area contributed by atoms with Crippen LogP contribution in [0.2, 0.25) is 0 Å². The van der Waals surface area contributed by atoms with E-state index in [1.165, 1.54) is 12.8 Å². The van der Waals surface area contributed by atoms with Crippen LogP contribution in [0.25, 0.3) is 0 Å². The van der Waals surface area contributed by atoms with Crippen molar-refractivity contribution in [3.05, 3.63) is 0 Å². The van der Waals surface area contributed by atoms with Gasteiger partial charge in [-0.25, -0.2) is 4.79 Å². The summed E-state index contributed by atoms with van der Waals surface area (Å²) in [5, 5.41) is 9.67. The zero-order chi connectivity index (χ0) is 14.3. The van der Waals surface area contributed by atoms with Crippen molar-refractivity contribution >= 4 is 11.9 Å². The first-order valence-electron chi connectivity index (χ1n) is 8.09. The Morgan fingerprint density at radius 3 is 2.05 bits per heavy atom. The number of aliphatic carboxylic acids is 1. The van der Waals surface area contributed by atoms with E-state index in [2.05, 4.69) is 0 Å². The molecular formula is C16H25NO3. The van der Waals surface area contributed by atoms with Crippen molar-refractivity contribution in [2.24, 2.45) is 17.8 Å². The minimum Gasteiger partial charge on any atom is -0.479 e. The first kappa shape index (κ1) is 13.9. The number of amides is 1. The van der Waals surface area contributed by atoms with Gasteiger partial charge in [0, 0.05) is 13.0 Å². The summed E-state index contributed by atoms with van der Waals surface area (Å²) < 4.78 is 0. The van der Waals surface area contributed by atoms with Crippen molar-refractivity contribution < 1.29 is 14.7 Å². The van der Waals surface area contributed by atoms with Gasteiger partial charge in [-0.05, 0) is 37.5 Å². The van der Waals surface area contributed by atoms with E-state index in [1.807, 2.05) is 0 Å². The number of carboxylic acids is 1. The molecule has 0 aromatic carbocycles. The molecule has 0 radical (unpaired) electrons. The summed E-state index contributed by atoms with van der Waals surface area (Å²) in [4.78, 5) is 26.1. The highest BCUT2D eigenvalue weighted by molar-refractivity contribution is 5.89. The quantitative estimate of drug-likeness (QED) is 0.864. The summed E-state index contributed by atoms with van der Waals surface area (Å²) in [7, 11) is 1.73. The van der Waals surface area contributed by atoms with Gasteiger partial charge in [-0.2, -0.15) is 0 Å². The predicted molar refractivity (Wildman–Crippen MR) is 75.2 cm³/mol. The van der Waals surface area contributed by atoms with Crippen molar-refractivity contribution in [3.8, 4) is 0 Å². The van der Waals surface area contributed by atoms with Crippen LogP contribution in [0.4, 0.5) is 0 Å². The Morgan fingerprint density at radius 1 is 1.00 bits per heavy atom. The molecule has 3 saturated carbocycles. The lowest BCUT2D eigenvalue weighted by atomic mass is 9.80. The average molecular weight is 279 g/mol. The Balaban J connectivity index is 1.74. The highest BCUT2D eigenvalue weighted by Crippen LogP contribution is 2.56. The van der Waals surface area contributed by atoms with Crippen LogP contribution in [0, 0.1) is 17.8 Å². The highest BCUT2D eigenvalue weighted by Gasteiger charge is 2.58. The number of rotatable bonds is 3. The molecule has 1 amide bonds. The van der Waals surface area contributed by atoms with Crippen LogP contribution in [-0.2, 0) is 9.59 Å². The van der Waals surface area contributed by atoms with E-state index < -0.39 is 11.5 Å². The minimum absolute atomic E-state index is 0.103. The maximum atomic E-state index is 12.7. The van der Waals surface area contributed by atoms with Crippen molar-refractivity contribution in [2.45, 2.75) is 63.3 Å². The Bertz CT molecular complexity index is 402. The number of likely N-dealkylation sites (N-methyl/N-ethyl adjacent to an activating group) is 1. The standard InChI is InChI=1S/C16H25NO3/c1-17(16(15(19)20)9-5-2-6-10-16)14(18)13-11-7-3-4-8-12(11)13/h11-13H,2-10H2,1H3,(H,19,20). The van der Waals surface area contributed by atoms with E-state index in [1.54, 1.807) is 11.9 Å². The predicted octanol–water partition coefficient (Wildman–Crippen LogP) is 2.67. The summed E-state index contributed by atoms with van der Waals surface area (Å²) in [6.07, 6.45) is 8.95. The minimum atomic E-state index is -0.929. The van der Waals surface area contributed by atoms with Gasteiger partial charge >= 0.3 is 5.97 Å². The Kier molecular flexibility index (Phi) is 3.51. The number of carbonyl (C=O) groups excluding carboxylic acids is 1. The SMILES string of the molecule is CN(C(=O)C1C2CCCCC21)C1(C(=O)O)CCCCC1. The van der Waals surface area contributed by atoms with Crippen LogP contribution in [0.1, 0.15) is 57.8 Å². The number of nitrogens with zero attached hydrogens (tertiary/aromatic N) is 1. The molecule has 0 aromatic heterocycles. The zero-order valence-electron chi connectivity index (χ0n) is 12.3. The van der Waals surface area contributed by atoms with Crippen LogP contribution in [0.3, 0.4) is 0 Å². The van der Waals surface area contributed by atoms with Crippen molar-refractivity contribution in [1.29, 1.82) is 0 Å². The average Bonchev–Trinajstić information content (AvgIpc) is 3.20. The number of carboxylic acid groups (broad SMARTS) is 1.